The molecule has 1 amide bonds. The summed E-state index contributed by atoms with van der Waals surface area (Å²) in [5.74, 6) is 0.512. The van der Waals surface area contributed by atoms with Crippen molar-refractivity contribution in [3.8, 4) is 0 Å². The van der Waals surface area contributed by atoms with E-state index >= 15 is 0 Å². The van der Waals surface area contributed by atoms with Crippen LogP contribution in [0.25, 0.3) is 11.0 Å². The standard InChI is InChI=1S/C16H19NO2/c1-12-6-7-13-11-15(19-14(13)10-12)16(18)17-8-4-2-3-5-9-17/h6-7,10-11H,2-5,8-9H2,1H3. The molecule has 0 radical (unpaired) electrons. The molecule has 1 aliphatic heterocycles. The van der Waals surface area contributed by atoms with Crippen LogP contribution in [0, 0.1) is 6.92 Å². The molecule has 0 spiro atoms. The molecule has 1 fully saturated rings. The summed E-state index contributed by atoms with van der Waals surface area (Å²) in [5.41, 5.74) is 1.95. The Morgan fingerprint density at radius 1 is 1.11 bits per heavy atom. The molecule has 3 nitrogen and oxygen atoms in total. The lowest BCUT2D eigenvalue weighted by molar-refractivity contribution is 0.0732. The van der Waals surface area contributed by atoms with Crippen molar-refractivity contribution in [1.29, 1.82) is 0 Å². The molecule has 1 aliphatic rings. The number of aryl methyl sites for hydroxylation is 1. The summed E-state index contributed by atoms with van der Waals surface area (Å²) >= 11 is 0. The van der Waals surface area contributed by atoms with Crippen molar-refractivity contribution >= 4 is 16.9 Å². The zero-order valence-electron chi connectivity index (χ0n) is 11.3. The van der Waals surface area contributed by atoms with Crippen molar-refractivity contribution in [2.45, 2.75) is 32.6 Å². The van der Waals surface area contributed by atoms with E-state index in [2.05, 4.69) is 0 Å². The highest BCUT2D eigenvalue weighted by molar-refractivity contribution is 5.96. The van der Waals surface area contributed by atoms with Crippen molar-refractivity contribution in [3.05, 3.63) is 35.6 Å². The molecule has 1 saturated heterocycles. The van der Waals surface area contributed by atoms with Crippen LogP contribution in [0.15, 0.2) is 28.7 Å². The van der Waals surface area contributed by atoms with E-state index < -0.39 is 0 Å². The molecular formula is C16H19NO2. The van der Waals surface area contributed by atoms with Gasteiger partial charge in [-0.15, -0.1) is 0 Å². The lowest BCUT2D eigenvalue weighted by Crippen LogP contribution is -2.31. The first kappa shape index (κ1) is 12.3. The van der Waals surface area contributed by atoms with Gasteiger partial charge < -0.3 is 9.32 Å². The van der Waals surface area contributed by atoms with E-state index in [0.29, 0.717) is 5.76 Å². The summed E-state index contributed by atoms with van der Waals surface area (Å²) < 4.78 is 5.71. The molecule has 0 bridgehead atoms. The average molecular weight is 257 g/mol. The van der Waals surface area contributed by atoms with Gasteiger partial charge in [-0.3, -0.25) is 4.79 Å². The quantitative estimate of drug-likeness (QED) is 0.779. The van der Waals surface area contributed by atoms with Gasteiger partial charge in [-0.05, 0) is 37.5 Å². The van der Waals surface area contributed by atoms with Gasteiger partial charge in [-0.2, -0.15) is 0 Å². The van der Waals surface area contributed by atoms with Crippen molar-refractivity contribution in [2.24, 2.45) is 0 Å². The van der Waals surface area contributed by atoms with Crippen LogP contribution in [0.5, 0.6) is 0 Å². The smallest absolute Gasteiger partial charge is 0.289 e. The highest BCUT2D eigenvalue weighted by atomic mass is 16.3. The molecule has 0 saturated carbocycles. The third kappa shape index (κ3) is 2.50. The van der Waals surface area contributed by atoms with E-state index in [9.17, 15) is 4.79 Å². The van der Waals surface area contributed by atoms with Crippen LogP contribution < -0.4 is 0 Å². The summed E-state index contributed by atoms with van der Waals surface area (Å²) in [6, 6.07) is 7.89. The second-order valence-corrected chi connectivity index (χ2v) is 5.36. The van der Waals surface area contributed by atoms with E-state index in [1.807, 2.05) is 36.1 Å². The first-order chi connectivity index (χ1) is 9.24. The summed E-state index contributed by atoms with van der Waals surface area (Å²) in [5, 5.41) is 1.00. The number of benzene rings is 1. The molecule has 1 aromatic carbocycles. The molecule has 0 unspecified atom stereocenters. The van der Waals surface area contributed by atoms with Gasteiger partial charge in [0.25, 0.3) is 5.91 Å². The van der Waals surface area contributed by atoms with Crippen molar-refractivity contribution < 1.29 is 9.21 Å². The largest absolute Gasteiger partial charge is 0.451 e. The highest BCUT2D eigenvalue weighted by Crippen LogP contribution is 2.22. The Hall–Kier alpha value is -1.77. The van der Waals surface area contributed by atoms with Crippen LogP contribution in [0.3, 0.4) is 0 Å². The van der Waals surface area contributed by atoms with E-state index in [1.54, 1.807) is 0 Å². The fourth-order valence-corrected chi connectivity index (χ4v) is 2.67. The summed E-state index contributed by atoms with van der Waals surface area (Å²) in [6.07, 6.45) is 4.66. The molecule has 1 aromatic heterocycles. The number of furan rings is 1. The predicted molar refractivity (Wildman–Crippen MR) is 75.3 cm³/mol. The lowest BCUT2D eigenvalue weighted by Gasteiger charge is -2.18. The number of hydrogen-bond acceptors (Lipinski definition) is 2. The Morgan fingerprint density at radius 2 is 1.84 bits per heavy atom. The van der Waals surface area contributed by atoms with Gasteiger partial charge >= 0.3 is 0 Å². The van der Waals surface area contributed by atoms with Crippen LogP contribution >= 0.6 is 0 Å². The number of hydrogen-bond donors (Lipinski definition) is 0. The Bertz CT molecular complexity index is 592. The zero-order chi connectivity index (χ0) is 13.2. The van der Waals surface area contributed by atoms with Gasteiger partial charge in [0.15, 0.2) is 5.76 Å². The van der Waals surface area contributed by atoms with Gasteiger partial charge in [-0.25, -0.2) is 0 Å². The molecule has 3 heteroatoms. The van der Waals surface area contributed by atoms with E-state index in [0.717, 1.165) is 42.5 Å². The molecule has 19 heavy (non-hydrogen) atoms. The zero-order valence-corrected chi connectivity index (χ0v) is 11.3. The maximum atomic E-state index is 12.4. The summed E-state index contributed by atoms with van der Waals surface area (Å²) in [4.78, 5) is 14.4. The minimum absolute atomic E-state index is 0.0377. The van der Waals surface area contributed by atoms with Crippen LogP contribution in [0.4, 0.5) is 0 Å². The molecule has 2 heterocycles. The fourth-order valence-electron chi connectivity index (χ4n) is 2.67. The van der Waals surface area contributed by atoms with Crippen LogP contribution in [0.2, 0.25) is 0 Å². The number of carbonyl (C=O) groups is 1. The lowest BCUT2D eigenvalue weighted by atomic mass is 10.2. The van der Waals surface area contributed by atoms with Crippen LogP contribution in [-0.2, 0) is 0 Å². The molecule has 3 rings (SSSR count). The second-order valence-electron chi connectivity index (χ2n) is 5.36. The van der Waals surface area contributed by atoms with E-state index in [-0.39, 0.29) is 5.91 Å². The Labute approximate surface area is 113 Å². The van der Waals surface area contributed by atoms with Gasteiger partial charge in [0, 0.05) is 18.5 Å². The Balaban J connectivity index is 1.88. The highest BCUT2D eigenvalue weighted by Gasteiger charge is 2.20. The molecule has 0 aliphatic carbocycles. The van der Waals surface area contributed by atoms with E-state index in [4.69, 9.17) is 4.42 Å². The molecular weight excluding hydrogens is 238 g/mol. The summed E-state index contributed by atoms with van der Waals surface area (Å²) in [6.45, 7) is 3.74. The molecule has 100 valence electrons. The van der Waals surface area contributed by atoms with Gasteiger partial charge in [0.05, 0.1) is 0 Å². The SMILES string of the molecule is Cc1ccc2cc(C(=O)N3CCCCCC3)oc2c1. The Morgan fingerprint density at radius 3 is 2.58 bits per heavy atom. The minimum atomic E-state index is 0.0377. The third-order valence-electron chi connectivity index (χ3n) is 3.78. The maximum absolute atomic E-state index is 12.4. The number of likely N-dealkylation sites (tertiary alicyclic amines) is 1. The predicted octanol–water partition coefficient (Wildman–Crippen LogP) is 3.76. The van der Waals surface area contributed by atoms with E-state index in [1.165, 1.54) is 12.8 Å². The first-order valence-corrected chi connectivity index (χ1v) is 7.03. The number of amides is 1. The molecule has 0 N–H and O–H groups in total. The average Bonchev–Trinajstić information content (AvgIpc) is 2.64. The minimum Gasteiger partial charge on any atom is -0.451 e. The van der Waals surface area contributed by atoms with Gasteiger partial charge in [-0.1, -0.05) is 25.0 Å². The number of nitrogens with zero attached hydrogens (tertiary/aromatic N) is 1. The normalized spacial score (nSPS) is 16.6. The van der Waals surface area contributed by atoms with Gasteiger partial charge in [0.2, 0.25) is 0 Å². The van der Waals surface area contributed by atoms with Crippen molar-refractivity contribution in [2.75, 3.05) is 13.1 Å². The van der Waals surface area contributed by atoms with Crippen molar-refractivity contribution in [3.63, 3.8) is 0 Å². The Kier molecular flexibility index (Phi) is 3.28. The number of carbonyl (C=O) groups excluding carboxylic acids is 1. The second kappa shape index (κ2) is 5.08. The number of rotatable bonds is 1. The van der Waals surface area contributed by atoms with Crippen LogP contribution in [0.1, 0.15) is 41.8 Å². The molecule has 2 aromatic rings. The van der Waals surface area contributed by atoms with Crippen molar-refractivity contribution in [1.82, 2.24) is 4.90 Å². The third-order valence-corrected chi connectivity index (χ3v) is 3.78. The molecule has 0 atom stereocenters. The topological polar surface area (TPSA) is 33.5 Å². The summed E-state index contributed by atoms with van der Waals surface area (Å²) in [7, 11) is 0. The number of fused-ring (bicyclic) bond motifs is 1. The van der Waals surface area contributed by atoms with Crippen LogP contribution in [-0.4, -0.2) is 23.9 Å². The maximum Gasteiger partial charge on any atom is 0.289 e. The first-order valence-electron chi connectivity index (χ1n) is 7.03. The monoisotopic (exact) mass is 257 g/mol. The fraction of sp³-hybridized carbons (Fsp3) is 0.438. The van der Waals surface area contributed by atoms with Gasteiger partial charge in [0.1, 0.15) is 5.58 Å².